The lowest BCUT2D eigenvalue weighted by molar-refractivity contribution is -0.875. The number of aliphatic hydroxyl groups is 1. The van der Waals surface area contributed by atoms with Crippen molar-refractivity contribution >= 4 is 11.8 Å². The minimum atomic E-state index is -1.86. The van der Waals surface area contributed by atoms with Crippen molar-refractivity contribution in [1.82, 2.24) is 0 Å². The number of unbranched alkanes of at least 4 members (excludes halogenated alkanes) is 11. The first-order valence-electron chi connectivity index (χ1n) is 12.5. The van der Waals surface area contributed by atoms with Crippen molar-refractivity contribution in [3.05, 3.63) is 0 Å². The molecule has 28 heavy (non-hydrogen) atoms. The Kier molecular flexibility index (Phi) is 11.6. The highest BCUT2D eigenvalue weighted by Crippen LogP contribution is 2.20. The molecule has 0 radical (unpaired) electrons. The van der Waals surface area contributed by atoms with E-state index >= 15 is 0 Å². The molecule has 1 unspecified atom stereocenters. The number of carboxylic acid groups (broad SMARTS) is 1. The van der Waals surface area contributed by atoms with Crippen molar-refractivity contribution in [2.45, 2.75) is 109 Å². The zero-order chi connectivity index (χ0) is 24.0. The summed E-state index contributed by atoms with van der Waals surface area (Å²) in [6.07, 6.45) is 12.5. The maximum atomic E-state index is 12.4. The van der Waals surface area contributed by atoms with Crippen LogP contribution in [0.15, 0.2) is 0 Å². The van der Waals surface area contributed by atoms with Crippen LogP contribution in [-0.2, 0) is 9.59 Å². The van der Waals surface area contributed by atoms with Gasteiger partial charge in [0.2, 0.25) is 0 Å². The van der Waals surface area contributed by atoms with Crippen LogP contribution in [-0.4, -0.2) is 54.6 Å². The summed E-state index contributed by atoms with van der Waals surface area (Å²) in [5.41, 5.74) is -1.86. The summed E-state index contributed by atoms with van der Waals surface area (Å²) in [7, 11) is 5.44. The molecule has 0 aliphatic rings. The first kappa shape index (κ1) is 21.8. The number of nitrogens with zero attached hydrogens (tertiary/aromatic N) is 1. The first-order valence-corrected chi connectivity index (χ1v) is 11.0. The second-order valence-electron chi connectivity index (χ2n) is 9.19. The van der Waals surface area contributed by atoms with Gasteiger partial charge in [0.15, 0.2) is 11.4 Å². The summed E-state index contributed by atoms with van der Waals surface area (Å²) in [5, 5.41) is 21.6. The average molecular weight is 403 g/mol. The molecule has 0 saturated heterocycles. The van der Waals surface area contributed by atoms with E-state index in [0.29, 0.717) is 17.3 Å². The highest BCUT2D eigenvalue weighted by molar-refractivity contribution is 5.90. The molecule has 0 rings (SSSR count). The number of hydrogen-bond acceptors (Lipinski definition) is 4. The molecule has 166 valence electrons. The maximum absolute atomic E-state index is 12.4. The zero-order valence-electron chi connectivity index (χ0n) is 21.4. The Morgan fingerprint density at radius 3 is 1.68 bits per heavy atom. The van der Waals surface area contributed by atoms with Gasteiger partial charge in [-0.25, -0.2) is 0 Å². The standard InChI is InChI=1S/C23H45NO4/c1-5-6-7-8-9-10-11-12-13-14-15-16-17-18-21(25)23(28,19-22(26)27)20-24(2,3)4/h28H,5-20H2,1-4H3/i1D3. The van der Waals surface area contributed by atoms with Gasteiger partial charge in [-0.15, -0.1) is 0 Å². The first-order chi connectivity index (χ1) is 14.3. The number of aliphatic carboxylic acids is 1. The summed E-state index contributed by atoms with van der Waals surface area (Å²) < 4.78 is 21.8. The normalized spacial score (nSPS) is 16.1. The van der Waals surface area contributed by atoms with Crippen molar-refractivity contribution in [2.24, 2.45) is 0 Å². The van der Waals surface area contributed by atoms with Crippen molar-refractivity contribution < 1.29 is 28.4 Å². The Bertz CT molecular complexity index is 518. The maximum Gasteiger partial charge on any atom is 0.177 e. The Labute approximate surface area is 177 Å². The number of carbonyl (C=O) groups is 2. The number of carbonyl (C=O) groups excluding carboxylic acids is 2. The molecule has 0 spiro atoms. The monoisotopic (exact) mass is 402 g/mol. The SMILES string of the molecule is [2H]C([2H])([2H])CCCCCCCCCCCCCCC(=O)C(O)(CC(=O)[O-])C[N+](C)(C)C. The van der Waals surface area contributed by atoms with E-state index in [1.807, 2.05) is 21.1 Å². The fourth-order valence-electron chi connectivity index (χ4n) is 3.68. The summed E-state index contributed by atoms with van der Waals surface area (Å²) >= 11 is 0. The van der Waals surface area contributed by atoms with E-state index in [2.05, 4.69) is 0 Å². The molecule has 5 heteroatoms. The van der Waals surface area contributed by atoms with Crippen LogP contribution in [0, 0.1) is 0 Å². The minimum absolute atomic E-state index is 0.0548. The van der Waals surface area contributed by atoms with E-state index in [4.69, 9.17) is 4.11 Å². The number of carboxylic acids is 1. The Morgan fingerprint density at radius 2 is 1.29 bits per heavy atom. The second kappa shape index (κ2) is 15.0. The zero-order valence-corrected chi connectivity index (χ0v) is 18.4. The van der Waals surface area contributed by atoms with Gasteiger partial charge in [0.25, 0.3) is 0 Å². The largest absolute Gasteiger partial charge is 0.550 e. The van der Waals surface area contributed by atoms with E-state index in [9.17, 15) is 19.8 Å². The van der Waals surface area contributed by atoms with Gasteiger partial charge in [0.05, 0.1) is 21.1 Å². The lowest BCUT2D eigenvalue weighted by atomic mass is 9.89. The molecule has 1 N–H and O–H groups in total. The molecule has 1 atom stereocenters. The Morgan fingerprint density at radius 1 is 0.857 bits per heavy atom. The Hall–Kier alpha value is -0.940. The van der Waals surface area contributed by atoms with Crippen molar-refractivity contribution in [3.8, 4) is 0 Å². The van der Waals surface area contributed by atoms with E-state index in [1.54, 1.807) is 0 Å². The third kappa shape index (κ3) is 15.0. The molecule has 0 saturated carbocycles. The molecule has 0 aromatic rings. The molecular weight excluding hydrogens is 354 g/mol. The van der Waals surface area contributed by atoms with Gasteiger partial charge in [-0.1, -0.05) is 83.9 Å². The lowest BCUT2D eigenvalue weighted by Crippen LogP contribution is -2.56. The molecule has 5 nitrogen and oxygen atoms in total. The molecule has 0 aromatic heterocycles. The number of Topliss-reactive ketones (excluding diaryl/α,β-unsaturated/α-hetero) is 1. The fraction of sp³-hybridized carbons (Fsp3) is 0.913. The highest BCUT2D eigenvalue weighted by atomic mass is 16.4. The molecule has 0 aliphatic carbocycles. The minimum Gasteiger partial charge on any atom is -0.550 e. The summed E-state index contributed by atoms with van der Waals surface area (Å²) in [5.74, 6) is -1.80. The van der Waals surface area contributed by atoms with Crippen LogP contribution in [0.25, 0.3) is 0 Å². The van der Waals surface area contributed by atoms with Crippen LogP contribution < -0.4 is 5.11 Å². The van der Waals surface area contributed by atoms with E-state index in [-0.39, 0.29) is 13.0 Å². The van der Waals surface area contributed by atoms with Gasteiger partial charge < -0.3 is 19.5 Å². The molecule has 0 amide bonds. The van der Waals surface area contributed by atoms with Gasteiger partial charge in [0, 0.05) is 22.9 Å². The predicted octanol–water partition coefficient (Wildman–Crippen LogP) is 3.61. The van der Waals surface area contributed by atoms with Crippen LogP contribution in [0.2, 0.25) is 0 Å². The van der Waals surface area contributed by atoms with Crippen molar-refractivity contribution in [2.75, 3.05) is 27.7 Å². The van der Waals surface area contributed by atoms with Crippen LogP contribution >= 0.6 is 0 Å². The van der Waals surface area contributed by atoms with E-state index < -0.39 is 30.6 Å². The van der Waals surface area contributed by atoms with E-state index in [1.165, 1.54) is 32.1 Å². The summed E-state index contributed by atoms with van der Waals surface area (Å²) in [4.78, 5) is 23.4. The predicted molar refractivity (Wildman–Crippen MR) is 113 cm³/mol. The fourth-order valence-corrected chi connectivity index (χ4v) is 3.68. The van der Waals surface area contributed by atoms with Crippen LogP contribution in [0.4, 0.5) is 0 Å². The number of ketones is 1. The van der Waals surface area contributed by atoms with Crippen LogP contribution in [0.5, 0.6) is 0 Å². The molecule has 0 aliphatic heterocycles. The summed E-state index contributed by atoms with van der Waals surface area (Å²) in [6.45, 7) is -1.73. The van der Waals surface area contributed by atoms with Crippen LogP contribution in [0.1, 0.15) is 107 Å². The quantitative estimate of drug-likeness (QED) is 0.264. The third-order valence-electron chi connectivity index (χ3n) is 5.02. The van der Waals surface area contributed by atoms with E-state index in [0.717, 1.165) is 38.5 Å². The molecule has 0 fully saturated rings. The number of likely N-dealkylation sites (N-methyl/N-ethyl adjacent to an activating group) is 1. The van der Waals surface area contributed by atoms with Gasteiger partial charge in [-0.2, -0.15) is 0 Å². The van der Waals surface area contributed by atoms with Gasteiger partial charge >= 0.3 is 0 Å². The second-order valence-corrected chi connectivity index (χ2v) is 9.19. The van der Waals surface area contributed by atoms with Gasteiger partial charge in [-0.3, -0.25) is 4.79 Å². The Balaban J connectivity index is 3.76. The third-order valence-corrected chi connectivity index (χ3v) is 5.02. The molecule has 0 bridgehead atoms. The molecule has 0 heterocycles. The van der Waals surface area contributed by atoms with Crippen LogP contribution in [0.3, 0.4) is 0 Å². The van der Waals surface area contributed by atoms with Gasteiger partial charge in [-0.05, 0) is 6.42 Å². The van der Waals surface area contributed by atoms with Crippen molar-refractivity contribution in [1.29, 1.82) is 0 Å². The molecule has 0 aromatic carbocycles. The number of rotatable bonds is 19. The van der Waals surface area contributed by atoms with Gasteiger partial charge in [0.1, 0.15) is 6.54 Å². The highest BCUT2D eigenvalue weighted by Gasteiger charge is 2.40. The smallest absolute Gasteiger partial charge is 0.177 e. The topological polar surface area (TPSA) is 77.4 Å². The lowest BCUT2D eigenvalue weighted by Gasteiger charge is -2.34. The average Bonchev–Trinajstić information content (AvgIpc) is 2.58. The number of hydrogen-bond donors (Lipinski definition) is 1. The summed E-state index contributed by atoms with van der Waals surface area (Å²) in [6, 6.07) is 0. The number of quaternary nitrogens is 1. The molecular formula is C23H45NO4. The van der Waals surface area contributed by atoms with Crippen molar-refractivity contribution in [3.63, 3.8) is 0 Å².